The third-order valence-electron chi connectivity index (χ3n) is 4.26. The Balaban J connectivity index is 2.10. The van der Waals surface area contributed by atoms with Crippen LogP contribution in [0, 0.1) is 0 Å². The molecule has 7 heteroatoms. The lowest BCUT2D eigenvalue weighted by Crippen LogP contribution is -2.49. The number of carbonyl (C=O) groups is 2. The summed E-state index contributed by atoms with van der Waals surface area (Å²) in [5.74, 6) is 0.384. The van der Waals surface area contributed by atoms with E-state index in [1.54, 1.807) is 35.7 Å². The molecule has 156 valence electrons. The van der Waals surface area contributed by atoms with E-state index in [-0.39, 0.29) is 17.9 Å². The Kier molecular flexibility index (Phi) is 9.34. The molecule has 0 fully saturated rings. The van der Waals surface area contributed by atoms with E-state index in [0.717, 1.165) is 10.5 Å². The lowest BCUT2D eigenvalue weighted by molar-refractivity contribution is -0.140. The van der Waals surface area contributed by atoms with Crippen LogP contribution in [0.1, 0.15) is 32.8 Å². The molecule has 0 aliphatic rings. The maximum Gasteiger partial charge on any atom is 0.242 e. The molecule has 1 N–H and O–H groups in total. The number of hydrogen-bond acceptors (Lipinski definition) is 3. The average molecular weight is 453 g/mol. The van der Waals surface area contributed by atoms with Crippen molar-refractivity contribution in [3.05, 3.63) is 64.1 Å². The van der Waals surface area contributed by atoms with Crippen LogP contribution >= 0.6 is 35.0 Å². The average Bonchev–Trinajstić information content (AvgIpc) is 2.68. The van der Waals surface area contributed by atoms with E-state index in [4.69, 9.17) is 23.2 Å². The van der Waals surface area contributed by atoms with Gasteiger partial charge in [-0.05, 0) is 50.6 Å². The summed E-state index contributed by atoms with van der Waals surface area (Å²) in [4.78, 5) is 28.3. The van der Waals surface area contributed by atoms with Crippen molar-refractivity contribution in [2.24, 2.45) is 0 Å². The smallest absolute Gasteiger partial charge is 0.242 e. The summed E-state index contributed by atoms with van der Waals surface area (Å²) in [5.41, 5.74) is 0.827. The molecule has 1 unspecified atom stereocenters. The van der Waals surface area contributed by atoms with Crippen LogP contribution in [0.25, 0.3) is 0 Å². The fourth-order valence-corrected chi connectivity index (χ4v) is 3.92. The van der Waals surface area contributed by atoms with Crippen molar-refractivity contribution in [1.82, 2.24) is 10.2 Å². The van der Waals surface area contributed by atoms with Crippen LogP contribution in [0.3, 0.4) is 0 Å². The zero-order valence-corrected chi connectivity index (χ0v) is 19.2. The highest BCUT2D eigenvalue weighted by molar-refractivity contribution is 7.99. The van der Waals surface area contributed by atoms with Gasteiger partial charge in [0.2, 0.25) is 11.8 Å². The number of carbonyl (C=O) groups excluding carboxylic acids is 2. The minimum atomic E-state index is -0.596. The zero-order chi connectivity index (χ0) is 21.4. The van der Waals surface area contributed by atoms with E-state index in [0.29, 0.717) is 28.8 Å². The van der Waals surface area contributed by atoms with E-state index < -0.39 is 6.04 Å². The molecule has 2 rings (SSSR count). The Labute approximate surface area is 187 Å². The second-order valence-corrected chi connectivity index (χ2v) is 9.00. The molecule has 1 atom stereocenters. The van der Waals surface area contributed by atoms with Crippen LogP contribution in [-0.4, -0.2) is 34.6 Å². The highest BCUT2D eigenvalue weighted by atomic mass is 35.5. The second kappa shape index (κ2) is 11.5. The SMILES string of the molecule is CC(C)NC(=O)C(C)N(Cc1ccc(Cl)c(Cl)c1)C(=O)CCSc1ccccc1. The zero-order valence-electron chi connectivity index (χ0n) is 16.8. The highest BCUT2D eigenvalue weighted by Gasteiger charge is 2.26. The second-order valence-electron chi connectivity index (χ2n) is 7.02. The van der Waals surface area contributed by atoms with Gasteiger partial charge in [-0.15, -0.1) is 11.8 Å². The van der Waals surface area contributed by atoms with Crippen molar-refractivity contribution in [2.75, 3.05) is 5.75 Å². The predicted octanol–water partition coefficient (Wildman–Crippen LogP) is 5.42. The maximum absolute atomic E-state index is 13.0. The first-order valence-corrected chi connectivity index (χ1v) is 11.2. The monoisotopic (exact) mass is 452 g/mol. The standard InChI is InChI=1S/C22H26Cl2N2O2S/c1-15(2)25-22(28)16(3)26(14-17-9-10-19(23)20(24)13-17)21(27)11-12-29-18-7-5-4-6-8-18/h4-10,13,15-16H,11-12,14H2,1-3H3,(H,25,28). The molecule has 0 saturated heterocycles. The quantitative estimate of drug-likeness (QED) is 0.516. The van der Waals surface area contributed by atoms with Gasteiger partial charge in [-0.1, -0.05) is 47.5 Å². The van der Waals surface area contributed by atoms with Gasteiger partial charge in [0.25, 0.3) is 0 Å². The van der Waals surface area contributed by atoms with Gasteiger partial charge in [-0.3, -0.25) is 9.59 Å². The third kappa shape index (κ3) is 7.57. The molecule has 0 radical (unpaired) electrons. The predicted molar refractivity (Wildman–Crippen MR) is 122 cm³/mol. The fourth-order valence-electron chi connectivity index (χ4n) is 2.74. The van der Waals surface area contributed by atoms with Crippen LogP contribution in [0.5, 0.6) is 0 Å². The van der Waals surface area contributed by atoms with Crippen LogP contribution < -0.4 is 5.32 Å². The minimum Gasteiger partial charge on any atom is -0.352 e. The topological polar surface area (TPSA) is 49.4 Å². The Morgan fingerprint density at radius 2 is 1.72 bits per heavy atom. The number of hydrogen-bond donors (Lipinski definition) is 1. The molecule has 0 aromatic heterocycles. The normalized spacial score (nSPS) is 11.9. The van der Waals surface area contributed by atoms with E-state index >= 15 is 0 Å². The van der Waals surface area contributed by atoms with E-state index in [1.807, 2.05) is 50.2 Å². The first-order chi connectivity index (χ1) is 13.8. The summed E-state index contributed by atoms with van der Waals surface area (Å²) in [6.45, 7) is 5.83. The molecule has 0 bridgehead atoms. The summed E-state index contributed by atoms with van der Waals surface area (Å²) in [6, 6.07) is 14.6. The van der Waals surface area contributed by atoms with E-state index in [2.05, 4.69) is 5.32 Å². The first kappa shape index (κ1) is 23.6. The number of nitrogens with zero attached hydrogens (tertiary/aromatic N) is 1. The molecule has 2 aromatic carbocycles. The summed E-state index contributed by atoms with van der Waals surface area (Å²) >= 11 is 13.7. The number of thioether (sulfide) groups is 1. The molecule has 0 saturated carbocycles. The van der Waals surface area contributed by atoms with Gasteiger partial charge in [-0.25, -0.2) is 0 Å². The number of halogens is 2. The molecule has 0 heterocycles. The Morgan fingerprint density at radius 1 is 1.03 bits per heavy atom. The van der Waals surface area contributed by atoms with Gasteiger partial charge in [-0.2, -0.15) is 0 Å². The Hall–Kier alpha value is -1.69. The molecule has 0 aliphatic carbocycles. The molecule has 4 nitrogen and oxygen atoms in total. The van der Waals surface area contributed by atoms with Crippen LogP contribution in [0.2, 0.25) is 10.0 Å². The number of nitrogens with one attached hydrogen (secondary N) is 1. The third-order valence-corrected chi connectivity index (χ3v) is 6.02. The van der Waals surface area contributed by atoms with E-state index in [1.165, 1.54) is 0 Å². The van der Waals surface area contributed by atoms with Crippen molar-refractivity contribution in [3.8, 4) is 0 Å². The van der Waals surface area contributed by atoms with Crippen LogP contribution in [-0.2, 0) is 16.1 Å². The van der Waals surface area contributed by atoms with Crippen molar-refractivity contribution in [2.45, 2.75) is 50.7 Å². The highest BCUT2D eigenvalue weighted by Crippen LogP contribution is 2.24. The summed E-state index contributed by atoms with van der Waals surface area (Å²) in [6.07, 6.45) is 0.334. The molecule has 0 spiro atoms. The van der Waals surface area contributed by atoms with Crippen LogP contribution in [0.4, 0.5) is 0 Å². The molecule has 0 aliphatic heterocycles. The van der Waals surface area contributed by atoms with Gasteiger partial charge >= 0.3 is 0 Å². The molecular weight excluding hydrogens is 427 g/mol. The van der Waals surface area contributed by atoms with E-state index in [9.17, 15) is 9.59 Å². The van der Waals surface area contributed by atoms with Gasteiger partial charge in [0, 0.05) is 29.7 Å². The molecule has 2 amide bonds. The van der Waals surface area contributed by atoms with Gasteiger partial charge in [0.05, 0.1) is 10.0 Å². The lowest BCUT2D eigenvalue weighted by atomic mass is 10.1. The van der Waals surface area contributed by atoms with Crippen molar-refractivity contribution in [3.63, 3.8) is 0 Å². The molecule has 29 heavy (non-hydrogen) atoms. The van der Waals surface area contributed by atoms with Crippen molar-refractivity contribution >= 4 is 46.8 Å². The van der Waals surface area contributed by atoms with Crippen molar-refractivity contribution < 1.29 is 9.59 Å². The maximum atomic E-state index is 13.0. The lowest BCUT2D eigenvalue weighted by Gasteiger charge is -2.29. The molecule has 2 aromatic rings. The van der Waals surface area contributed by atoms with Crippen molar-refractivity contribution in [1.29, 1.82) is 0 Å². The number of benzene rings is 2. The fraction of sp³-hybridized carbons (Fsp3) is 0.364. The largest absolute Gasteiger partial charge is 0.352 e. The summed E-state index contributed by atoms with van der Waals surface area (Å²) in [5, 5.41) is 3.76. The minimum absolute atomic E-state index is 0.000476. The van der Waals surface area contributed by atoms with Crippen LogP contribution in [0.15, 0.2) is 53.4 Å². The molecular formula is C22H26Cl2N2O2S. The number of rotatable bonds is 9. The van der Waals surface area contributed by atoms with Gasteiger partial charge < -0.3 is 10.2 Å². The first-order valence-electron chi connectivity index (χ1n) is 9.49. The summed E-state index contributed by atoms with van der Waals surface area (Å²) in [7, 11) is 0. The van der Waals surface area contributed by atoms with Gasteiger partial charge in [0.1, 0.15) is 6.04 Å². The summed E-state index contributed by atoms with van der Waals surface area (Å²) < 4.78 is 0. The Morgan fingerprint density at radius 3 is 2.34 bits per heavy atom. The van der Waals surface area contributed by atoms with Gasteiger partial charge in [0.15, 0.2) is 0 Å². The Bertz CT molecular complexity index is 831. The number of amides is 2.